The van der Waals surface area contributed by atoms with Crippen molar-refractivity contribution >= 4 is 0 Å². The van der Waals surface area contributed by atoms with Gasteiger partial charge in [-0.3, -0.25) is 0 Å². The van der Waals surface area contributed by atoms with Gasteiger partial charge < -0.3 is 19.3 Å². The van der Waals surface area contributed by atoms with Crippen molar-refractivity contribution in [3.05, 3.63) is 41.9 Å². The number of ether oxygens (including phenoxy) is 2. The summed E-state index contributed by atoms with van der Waals surface area (Å²) in [6, 6.07) is 8.17. The summed E-state index contributed by atoms with van der Waals surface area (Å²) in [6.45, 7) is 1.90. The first-order chi connectivity index (χ1) is 10.8. The molecule has 0 saturated carbocycles. The summed E-state index contributed by atoms with van der Waals surface area (Å²) < 4.78 is 29.2. The first-order valence-electron chi connectivity index (χ1n) is 7.31. The molecule has 1 aliphatic rings. The van der Waals surface area contributed by atoms with Crippen molar-refractivity contribution in [2.24, 2.45) is 0 Å². The molecule has 2 heterocycles. The lowest BCUT2D eigenvalue weighted by atomic mass is 10.1. The van der Waals surface area contributed by atoms with Crippen molar-refractivity contribution < 1.29 is 18.4 Å². The molecule has 0 aliphatic carbocycles. The van der Waals surface area contributed by atoms with E-state index in [0.717, 1.165) is 24.4 Å². The average molecular weight is 306 g/mol. The highest BCUT2D eigenvalue weighted by Crippen LogP contribution is 2.20. The Hall–Kier alpha value is -1.76. The van der Waals surface area contributed by atoms with Gasteiger partial charge in [-0.15, -0.1) is 0 Å². The highest BCUT2D eigenvalue weighted by Gasteiger charge is 2.25. The van der Waals surface area contributed by atoms with Crippen LogP contribution in [0.3, 0.4) is 0 Å². The van der Waals surface area contributed by atoms with Gasteiger partial charge in [0.05, 0.1) is 25.3 Å². The van der Waals surface area contributed by atoms with Crippen molar-refractivity contribution in [1.82, 2.24) is 10.5 Å². The molecule has 1 fully saturated rings. The van der Waals surface area contributed by atoms with Crippen LogP contribution in [-0.2, 0) is 16.0 Å². The third-order valence-corrected chi connectivity index (χ3v) is 3.83. The fourth-order valence-corrected chi connectivity index (χ4v) is 2.58. The van der Waals surface area contributed by atoms with Crippen LogP contribution in [0.4, 0.5) is 4.39 Å². The molecule has 1 saturated heterocycles. The van der Waals surface area contributed by atoms with E-state index in [1.54, 1.807) is 19.2 Å². The van der Waals surface area contributed by atoms with Crippen molar-refractivity contribution in [2.75, 3.05) is 20.3 Å². The first-order valence-corrected chi connectivity index (χ1v) is 7.31. The van der Waals surface area contributed by atoms with E-state index in [4.69, 9.17) is 14.0 Å². The number of methoxy groups -OCH3 is 1. The number of nitrogens with zero attached hydrogens (tertiary/aromatic N) is 1. The summed E-state index contributed by atoms with van der Waals surface area (Å²) in [6.07, 6.45) is 1.03. The minimum Gasteiger partial charge on any atom is -0.380 e. The molecule has 5 nitrogen and oxygen atoms in total. The number of nitrogens with one attached hydrogen (secondary N) is 1. The third-order valence-electron chi connectivity index (χ3n) is 3.83. The molecule has 3 rings (SSSR count). The van der Waals surface area contributed by atoms with Crippen molar-refractivity contribution in [3.8, 4) is 11.3 Å². The van der Waals surface area contributed by atoms with Gasteiger partial charge in [-0.2, -0.15) is 0 Å². The standard InChI is InChI=1S/C16H19FN2O3/c1-20-16-6-7-21-10-15(16)18-9-13-8-14(19-22-13)11-2-4-12(17)5-3-11/h2-5,8,15-16,18H,6-7,9-10H2,1H3/t15-,16-/m1/s1. The summed E-state index contributed by atoms with van der Waals surface area (Å²) >= 11 is 0. The van der Waals surface area contributed by atoms with E-state index in [1.807, 2.05) is 6.07 Å². The Kier molecular flexibility index (Phi) is 4.82. The third kappa shape index (κ3) is 3.52. The Bertz CT molecular complexity index is 600. The molecule has 2 atom stereocenters. The van der Waals surface area contributed by atoms with Crippen LogP contribution in [0.15, 0.2) is 34.9 Å². The monoisotopic (exact) mass is 306 g/mol. The number of halogens is 1. The van der Waals surface area contributed by atoms with Gasteiger partial charge in [-0.05, 0) is 30.7 Å². The summed E-state index contributed by atoms with van der Waals surface area (Å²) in [7, 11) is 1.71. The summed E-state index contributed by atoms with van der Waals surface area (Å²) in [5.74, 6) is 0.455. The SMILES string of the molecule is CO[C@@H]1CCOC[C@H]1NCc1cc(-c2ccc(F)cc2)no1. The minimum absolute atomic E-state index is 0.137. The molecule has 0 spiro atoms. The Labute approximate surface area is 128 Å². The summed E-state index contributed by atoms with van der Waals surface area (Å²) in [5.41, 5.74) is 1.52. The molecule has 1 aromatic heterocycles. The molecule has 1 N–H and O–H groups in total. The number of rotatable bonds is 5. The molecule has 2 aromatic rings. The van der Waals surface area contributed by atoms with Crippen molar-refractivity contribution in [1.29, 1.82) is 0 Å². The zero-order valence-electron chi connectivity index (χ0n) is 12.4. The lowest BCUT2D eigenvalue weighted by molar-refractivity contribution is -0.0378. The molecule has 6 heteroatoms. The Morgan fingerprint density at radius 2 is 2.18 bits per heavy atom. The van der Waals surface area contributed by atoms with Crippen LogP contribution in [0.25, 0.3) is 11.3 Å². The van der Waals surface area contributed by atoms with Crippen LogP contribution in [0.1, 0.15) is 12.2 Å². The lowest BCUT2D eigenvalue weighted by Gasteiger charge is -2.30. The highest BCUT2D eigenvalue weighted by atomic mass is 19.1. The van der Waals surface area contributed by atoms with Crippen LogP contribution in [0.5, 0.6) is 0 Å². The number of aromatic nitrogens is 1. The predicted molar refractivity (Wildman–Crippen MR) is 78.8 cm³/mol. The molecular weight excluding hydrogens is 287 g/mol. The topological polar surface area (TPSA) is 56.5 Å². The van der Waals surface area contributed by atoms with Crippen LogP contribution in [0.2, 0.25) is 0 Å². The van der Waals surface area contributed by atoms with Gasteiger partial charge in [0.15, 0.2) is 5.76 Å². The van der Waals surface area contributed by atoms with Gasteiger partial charge in [0.2, 0.25) is 0 Å². The van der Waals surface area contributed by atoms with Crippen LogP contribution in [-0.4, -0.2) is 37.6 Å². The van der Waals surface area contributed by atoms with Gasteiger partial charge >= 0.3 is 0 Å². The molecule has 118 valence electrons. The molecule has 0 unspecified atom stereocenters. The summed E-state index contributed by atoms with van der Waals surface area (Å²) in [5, 5.41) is 7.39. The van der Waals surface area contributed by atoms with Crippen LogP contribution in [0, 0.1) is 5.82 Å². The van der Waals surface area contributed by atoms with Gasteiger partial charge in [-0.25, -0.2) is 4.39 Å². The molecule has 0 radical (unpaired) electrons. The Morgan fingerprint density at radius 1 is 1.36 bits per heavy atom. The maximum atomic E-state index is 12.9. The van der Waals surface area contributed by atoms with Gasteiger partial charge in [0.25, 0.3) is 0 Å². The van der Waals surface area contributed by atoms with Crippen LogP contribution < -0.4 is 5.32 Å². The molecule has 0 amide bonds. The second-order valence-electron chi connectivity index (χ2n) is 5.31. The largest absolute Gasteiger partial charge is 0.380 e. The smallest absolute Gasteiger partial charge is 0.151 e. The Morgan fingerprint density at radius 3 is 2.95 bits per heavy atom. The minimum atomic E-state index is -0.267. The zero-order valence-corrected chi connectivity index (χ0v) is 12.4. The lowest BCUT2D eigenvalue weighted by Crippen LogP contribution is -2.47. The molecule has 22 heavy (non-hydrogen) atoms. The van der Waals surface area contributed by atoms with Gasteiger partial charge in [0.1, 0.15) is 11.5 Å². The maximum Gasteiger partial charge on any atom is 0.151 e. The van der Waals surface area contributed by atoms with E-state index in [-0.39, 0.29) is 18.0 Å². The van der Waals surface area contributed by atoms with E-state index in [1.165, 1.54) is 12.1 Å². The van der Waals surface area contributed by atoms with E-state index < -0.39 is 0 Å². The fourth-order valence-electron chi connectivity index (χ4n) is 2.58. The predicted octanol–water partition coefficient (Wildman–Crippen LogP) is 2.37. The van der Waals surface area contributed by atoms with Crippen molar-refractivity contribution in [3.63, 3.8) is 0 Å². The normalized spacial score (nSPS) is 21.9. The average Bonchev–Trinajstić information content (AvgIpc) is 3.03. The Balaban J connectivity index is 1.60. The van der Waals surface area contributed by atoms with Gasteiger partial charge in [0, 0.05) is 25.3 Å². The second kappa shape index (κ2) is 7.00. The van der Waals surface area contributed by atoms with E-state index in [0.29, 0.717) is 18.8 Å². The molecule has 1 aliphatic heterocycles. The number of hydrogen-bond donors (Lipinski definition) is 1. The molecule has 1 aromatic carbocycles. The maximum absolute atomic E-state index is 12.9. The van der Waals surface area contributed by atoms with Gasteiger partial charge in [-0.1, -0.05) is 5.16 Å². The van der Waals surface area contributed by atoms with E-state index in [2.05, 4.69) is 10.5 Å². The van der Waals surface area contributed by atoms with Crippen molar-refractivity contribution in [2.45, 2.75) is 25.1 Å². The number of benzene rings is 1. The number of hydrogen-bond acceptors (Lipinski definition) is 5. The first kappa shape index (κ1) is 15.1. The zero-order chi connectivity index (χ0) is 15.4. The van der Waals surface area contributed by atoms with Crippen LogP contribution >= 0.6 is 0 Å². The van der Waals surface area contributed by atoms with E-state index in [9.17, 15) is 4.39 Å². The highest BCUT2D eigenvalue weighted by molar-refractivity contribution is 5.58. The summed E-state index contributed by atoms with van der Waals surface area (Å²) in [4.78, 5) is 0. The second-order valence-corrected chi connectivity index (χ2v) is 5.31. The molecule has 0 bridgehead atoms. The molecular formula is C16H19FN2O3. The fraction of sp³-hybridized carbons (Fsp3) is 0.438. The quantitative estimate of drug-likeness (QED) is 0.919. The van der Waals surface area contributed by atoms with E-state index >= 15 is 0 Å².